The quantitative estimate of drug-likeness (QED) is 0.424. The second-order valence-corrected chi connectivity index (χ2v) is 8.25. The molecule has 0 fully saturated rings. The summed E-state index contributed by atoms with van der Waals surface area (Å²) in [6.45, 7) is 6.45. The van der Waals surface area contributed by atoms with Crippen molar-refractivity contribution in [2.75, 3.05) is 6.54 Å². The van der Waals surface area contributed by atoms with Crippen LogP contribution in [0.4, 0.5) is 0 Å². The molecule has 1 aromatic heterocycles. The first-order valence-electron chi connectivity index (χ1n) is 11.3. The van der Waals surface area contributed by atoms with E-state index >= 15 is 0 Å². The van der Waals surface area contributed by atoms with E-state index in [1.165, 1.54) is 0 Å². The van der Waals surface area contributed by atoms with Gasteiger partial charge < -0.3 is 15.2 Å². The summed E-state index contributed by atoms with van der Waals surface area (Å²) < 4.78 is 8.14. The molecule has 3 aromatic rings. The molecule has 0 spiro atoms. The van der Waals surface area contributed by atoms with Gasteiger partial charge in [-0.15, -0.1) is 0 Å². The van der Waals surface area contributed by atoms with Gasteiger partial charge in [0.05, 0.1) is 17.8 Å². The highest BCUT2D eigenvalue weighted by Gasteiger charge is 2.15. The lowest BCUT2D eigenvalue weighted by molar-refractivity contribution is -0.136. The largest absolute Gasteiger partial charge is 0.486 e. The van der Waals surface area contributed by atoms with E-state index in [4.69, 9.17) is 9.84 Å². The molecule has 1 amide bonds. The Balaban J connectivity index is 1.66. The lowest BCUT2D eigenvalue weighted by Crippen LogP contribution is -2.26. The van der Waals surface area contributed by atoms with Crippen molar-refractivity contribution in [3.8, 4) is 11.4 Å². The second kappa shape index (κ2) is 11.3. The summed E-state index contributed by atoms with van der Waals surface area (Å²) in [5.41, 5.74) is 3.50. The highest BCUT2D eigenvalue weighted by atomic mass is 16.5. The fourth-order valence-corrected chi connectivity index (χ4v) is 3.42. The maximum atomic E-state index is 12.2. The van der Waals surface area contributed by atoms with Crippen LogP contribution < -0.4 is 10.1 Å². The van der Waals surface area contributed by atoms with E-state index < -0.39 is 5.97 Å². The van der Waals surface area contributed by atoms with E-state index in [-0.39, 0.29) is 25.0 Å². The van der Waals surface area contributed by atoms with Gasteiger partial charge in [-0.25, -0.2) is 4.68 Å². The smallest absolute Gasteiger partial charge is 0.305 e. The fraction of sp³-hybridized carbons (Fsp3) is 0.346. The normalized spacial score (nSPS) is 11.9. The molecule has 0 saturated heterocycles. The maximum absolute atomic E-state index is 12.2. The predicted molar refractivity (Wildman–Crippen MR) is 127 cm³/mol. The number of carbonyl (C=O) groups is 2. The van der Waals surface area contributed by atoms with Crippen LogP contribution in [0.1, 0.15) is 73.7 Å². The molecule has 3 rings (SSSR count). The van der Waals surface area contributed by atoms with Crippen molar-refractivity contribution in [3.05, 3.63) is 77.6 Å². The zero-order chi connectivity index (χ0) is 23.8. The number of nitrogens with zero attached hydrogens (tertiary/aromatic N) is 2. The van der Waals surface area contributed by atoms with Crippen LogP contribution in [-0.4, -0.2) is 33.3 Å². The van der Waals surface area contributed by atoms with Gasteiger partial charge in [-0.1, -0.05) is 39.3 Å². The van der Waals surface area contributed by atoms with E-state index in [0.717, 1.165) is 35.5 Å². The Hall–Kier alpha value is -3.61. The fourth-order valence-electron chi connectivity index (χ4n) is 3.42. The molecule has 2 N–H and O–H groups in total. The minimum atomic E-state index is -0.942. The molecular formula is C26H31N3O4. The highest BCUT2D eigenvalue weighted by Crippen LogP contribution is 2.27. The zero-order valence-corrected chi connectivity index (χ0v) is 19.3. The van der Waals surface area contributed by atoms with Crippen molar-refractivity contribution in [2.24, 2.45) is 0 Å². The van der Waals surface area contributed by atoms with Crippen molar-refractivity contribution in [3.63, 3.8) is 0 Å². The van der Waals surface area contributed by atoms with E-state index in [2.05, 4.69) is 31.2 Å². The number of nitrogens with one attached hydrogen (secondary N) is 1. The third-order valence-corrected chi connectivity index (χ3v) is 5.30. The summed E-state index contributed by atoms with van der Waals surface area (Å²) in [7, 11) is 0. The van der Waals surface area contributed by atoms with Crippen LogP contribution in [0.2, 0.25) is 0 Å². The number of hydrogen-bond acceptors (Lipinski definition) is 4. The number of carboxylic acid groups (broad SMARTS) is 1. The SMILES string of the molecule is CCCC(Oc1ccc(-n2ccc(C(C)C)n2)cc1)c1ccc(C(=O)NCCC(=O)O)cc1. The van der Waals surface area contributed by atoms with Gasteiger partial charge in [0.15, 0.2) is 0 Å². The molecule has 0 aliphatic rings. The van der Waals surface area contributed by atoms with Crippen molar-refractivity contribution < 1.29 is 19.4 Å². The summed E-state index contributed by atoms with van der Waals surface area (Å²) in [4.78, 5) is 22.8. The number of aromatic nitrogens is 2. The van der Waals surface area contributed by atoms with Gasteiger partial charge in [0.25, 0.3) is 5.91 Å². The van der Waals surface area contributed by atoms with Crippen LogP contribution in [0.25, 0.3) is 5.69 Å². The molecule has 0 saturated carbocycles. The summed E-state index contributed by atoms with van der Waals surface area (Å²) in [5.74, 6) is -0.0800. The molecular weight excluding hydrogens is 418 g/mol. The Labute approximate surface area is 194 Å². The van der Waals surface area contributed by atoms with Crippen LogP contribution in [0.15, 0.2) is 60.8 Å². The van der Waals surface area contributed by atoms with Crippen molar-refractivity contribution in [1.29, 1.82) is 0 Å². The van der Waals surface area contributed by atoms with Crippen LogP contribution in [-0.2, 0) is 4.79 Å². The number of rotatable bonds is 11. The molecule has 1 atom stereocenters. The lowest BCUT2D eigenvalue weighted by Gasteiger charge is -2.20. The summed E-state index contributed by atoms with van der Waals surface area (Å²) >= 11 is 0. The van der Waals surface area contributed by atoms with Crippen molar-refractivity contribution in [2.45, 2.75) is 52.1 Å². The zero-order valence-electron chi connectivity index (χ0n) is 19.3. The van der Waals surface area contributed by atoms with Gasteiger partial charge in [-0.05, 0) is 60.4 Å². The molecule has 2 aromatic carbocycles. The van der Waals surface area contributed by atoms with E-state index in [0.29, 0.717) is 11.5 Å². The third-order valence-electron chi connectivity index (χ3n) is 5.30. The monoisotopic (exact) mass is 449 g/mol. The maximum Gasteiger partial charge on any atom is 0.305 e. The van der Waals surface area contributed by atoms with E-state index in [1.807, 2.05) is 53.3 Å². The Kier molecular flexibility index (Phi) is 8.24. The molecule has 33 heavy (non-hydrogen) atoms. The minimum absolute atomic E-state index is 0.102. The average Bonchev–Trinajstić information content (AvgIpc) is 3.30. The first-order chi connectivity index (χ1) is 15.9. The number of hydrogen-bond donors (Lipinski definition) is 2. The predicted octanol–water partition coefficient (Wildman–Crippen LogP) is 5.12. The van der Waals surface area contributed by atoms with Gasteiger partial charge in [0, 0.05) is 18.3 Å². The molecule has 0 radical (unpaired) electrons. The van der Waals surface area contributed by atoms with Gasteiger partial charge in [-0.2, -0.15) is 5.10 Å². The summed E-state index contributed by atoms with van der Waals surface area (Å²) in [6, 6.07) is 17.1. The van der Waals surface area contributed by atoms with Crippen LogP contribution in [0.3, 0.4) is 0 Å². The summed E-state index contributed by atoms with van der Waals surface area (Å²) in [5, 5.41) is 15.9. The van der Waals surface area contributed by atoms with E-state index in [1.54, 1.807) is 12.1 Å². The average molecular weight is 450 g/mol. The van der Waals surface area contributed by atoms with Crippen LogP contribution in [0.5, 0.6) is 5.75 Å². The molecule has 0 aliphatic carbocycles. The lowest BCUT2D eigenvalue weighted by atomic mass is 10.0. The molecule has 7 nitrogen and oxygen atoms in total. The highest BCUT2D eigenvalue weighted by molar-refractivity contribution is 5.94. The second-order valence-electron chi connectivity index (χ2n) is 8.25. The Morgan fingerprint density at radius 2 is 1.76 bits per heavy atom. The van der Waals surface area contributed by atoms with E-state index in [9.17, 15) is 9.59 Å². The van der Waals surface area contributed by atoms with Gasteiger partial charge >= 0.3 is 5.97 Å². The molecule has 1 unspecified atom stereocenters. The van der Waals surface area contributed by atoms with Gasteiger partial charge in [0.2, 0.25) is 0 Å². The Morgan fingerprint density at radius 1 is 1.06 bits per heavy atom. The van der Waals surface area contributed by atoms with Gasteiger partial charge in [0.1, 0.15) is 11.9 Å². The standard InChI is InChI=1S/C26H31N3O4/c1-4-5-24(19-6-8-20(9-7-19)26(32)27-16-14-25(30)31)33-22-12-10-21(11-13-22)29-17-15-23(28-29)18(2)3/h6-13,15,17-18,24H,4-5,14,16H2,1-3H3,(H,27,32)(H,30,31). The minimum Gasteiger partial charge on any atom is -0.486 e. The first-order valence-corrected chi connectivity index (χ1v) is 11.3. The number of ether oxygens (including phenoxy) is 1. The number of aliphatic carboxylic acids is 1. The number of benzene rings is 2. The molecule has 0 bridgehead atoms. The third kappa shape index (κ3) is 6.68. The number of carboxylic acids is 1. The number of carbonyl (C=O) groups excluding carboxylic acids is 1. The summed E-state index contributed by atoms with van der Waals surface area (Å²) in [6.07, 6.45) is 3.51. The molecule has 1 heterocycles. The Morgan fingerprint density at radius 3 is 2.33 bits per heavy atom. The van der Waals surface area contributed by atoms with Crippen molar-refractivity contribution in [1.82, 2.24) is 15.1 Å². The molecule has 174 valence electrons. The first kappa shape index (κ1) is 24.0. The molecule has 0 aliphatic heterocycles. The Bertz CT molecular complexity index is 1060. The van der Waals surface area contributed by atoms with Crippen molar-refractivity contribution >= 4 is 11.9 Å². The van der Waals surface area contributed by atoms with Crippen LogP contribution >= 0.6 is 0 Å². The number of amides is 1. The topological polar surface area (TPSA) is 93.5 Å². The molecule has 7 heteroatoms. The van der Waals surface area contributed by atoms with Gasteiger partial charge in [-0.3, -0.25) is 9.59 Å². The van der Waals surface area contributed by atoms with Crippen LogP contribution in [0, 0.1) is 0 Å².